The van der Waals surface area contributed by atoms with E-state index >= 15 is 0 Å². The van der Waals surface area contributed by atoms with Crippen LogP contribution in [-0.4, -0.2) is 40.6 Å². The van der Waals surface area contributed by atoms with Crippen molar-refractivity contribution in [2.45, 2.75) is 43.2 Å². The summed E-state index contributed by atoms with van der Waals surface area (Å²) in [6, 6.07) is 15.2. The van der Waals surface area contributed by atoms with Crippen molar-refractivity contribution in [3.8, 4) is 17.2 Å². The number of ether oxygens (including phenoxy) is 2. The molecule has 0 spiro atoms. The largest absolute Gasteiger partial charge is 0.497 e. The Bertz CT molecular complexity index is 1030. The van der Waals surface area contributed by atoms with E-state index in [4.69, 9.17) is 9.47 Å². The maximum absolute atomic E-state index is 12.5. The van der Waals surface area contributed by atoms with Crippen LogP contribution in [0.1, 0.15) is 43.8 Å². The molecule has 2 aromatic carbocycles. The number of amides is 1. The van der Waals surface area contributed by atoms with Crippen LogP contribution < -0.4 is 14.8 Å². The molecule has 0 atom stereocenters. The third kappa shape index (κ3) is 5.24. The van der Waals surface area contributed by atoms with Crippen molar-refractivity contribution in [2.24, 2.45) is 0 Å². The normalized spacial score (nSPS) is 14.2. The first-order valence-corrected chi connectivity index (χ1v) is 11.8. The van der Waals surface area contributed by atoms with Gasteiger partial charge >= 0.3 is 0 Å². The number of aromatic nitrogens is 3. The molecule has 1 aromatic heterocycles. The number of rotatable bonds is 8. The summed E-state index contributed by atoms with van der Waals surface area (Å²) in [6.45, 7) is 0. The number of methoxy groups -OCH3 is 2. The highest BCUT2D eigenvalue weighted by atomic mass is 32.2. The number of carbonyl (C=O) groups excluding carboxylic acids is 1. The zero-order valence-electron chi connectivity index (χ0n) is 18.4. The summed E-state index contributed by atoms with van der Waals surface area (Å²) in [5.41, 5.74) is 1.71. The molecule has 8 heteroatoms. The van der Waals surface area contributed by atoms with Crippen LogP contribution in [0, 0.1) is 0 Å². The summed E-state index contributed by atoms with van der Waals surface area (Å²) in [6.07, 6.45) is 5.95. The summed E-state index contributed by atoms with van der Waals surface area (Å²) in [7, 11) is 3.27. The van der Waals surface area contributed by atoms with Crippen LogP contribution in [0.3, 0.4) is 0 Å². The Kier molecular flexibility index (Phi) is 7.32. The van der Waals surface area contributed by atoms with E-state index in [0.29, 0.717) is 5.92 Å². The minimum absolute atomic E-state index is 0.0938. The first-order valence-electron chi connectivity index (χ1n) is 10.8. The van der Waals surface area contributed by atoms with Gasteiger partial charge in [-0.25, -0.2) is 0 Å². The molecule has 0 radical (unpaired) electrons. The van der Waals surface area contributed by atoms with E-state index in [2.05, 4.69) is 20.1 Å². The number of nitrogens with one attached hydrogen (secondary N) is 1. The van der Waals surface area contributed by atoms with Crippen molar-refractivity contribution >= 4 is 23.4 Å². The summed E-state index contributed by atoms with van der Waals surface area (Å²) in [5, 5.41) is 12.7. The maximum Gasteiger partial charge on any atom is 0.234 e. The van der Waals surface area contributed by atoms with Crippen molar-refractivity contribution in [2.75, 3.05) is 25.3 Å². The molecule has 1 amide bonds. The van der Waals surface area contributed by atoms with Crippen LogP contribution in [0.2, 0.25) is 0 Å². The lowest BCUT2D eigenvalue weighted by atomic mass is 9.88. The Hall–Kier alpha value is -3.00. The Morgan fingerprint density at radius 2 is 1.59 bits per heavy atom. The molecule has 3 aromatic rings. The molecular weight excluding hydrogens is 424 g/mol. The number of hydrogen-bond acceptors (Lipinski definition) is 6. The third-order valence-electron chi connectivity index (χ3n) is 5.67. The van der Waals surface area contributed by atoms with E-state index < -0.39 is 0 Å². The zero-order valence-corrected chi connectivity index (χ0v) is 19.2. The fourth-order valence-corrected chi connectivity index (χ4v) is 4.73. The minimum Gasteiger partial charge on any atom is -0.497 e. The number of thioether (sulfide) groups is 1. The fourth-order valence-electron chi connectivity index (χ4n) is 3.98. The van der Waals surface area contributed by atoms with E-state index in [1.165, 1.54) is 31.0 Å². The van der Waals surface area contributed by atoms with Crippen molar-refractivity contribution < 1.29 is 14.3 Å². The molecule has 4 rings (SSSR count). The van der Waals surface area contributed by atoms with Crippen LogP contribution in [0.4, 0.5) is 5.69 Å². The molecule has 1 N–H and O–H groups in total. The van der Waals surface area contributed by atoms with Gasteiger partial charge in [-0.05, 0) is 61.4 Å². The summed E-state index contributed by atoms with van der Waals surface area (Å²) < 4.78 is 12.6. The van der Waals surface area contributed by atoms with Crippen LogP contribution in [0.25, 0.3) is 5.69 Å². The molecule has 1 aliphatic rings. The predicted molar refractivity (Wildman–Crippen MR) is 126 cm³/mol. The molecule has 32 heavy (non-hydrogen) atoms. The smallest absolute Gasteiger partial charge is 0.234 e. The van der Waals surface area contributed by atoms with Gasteiger partial charge < -0.3 is 14.8 Å². The maximum atomic E-state index is 12.5. The monoisotopic (exact) mass is 452 g/mol. The lowest BCUT2D eigenvalue weighted by molar-refractivity contribution is -0.113. The lowest BCUT2D eigenvalue weighted by Gasteiger charge is -2.22. The van der Waals surface area contributed by atoms with Crippen molar-refractivity contribution in [3.05, 3.63) is 54.4 Å². The molecular formula is C24H28N4O3S. The highest BCUT2D eigenvalue weighted by molar-refractivity contribution is 7.99. The van der Waals surface area contributed by atoms with E-state index in [-0.39, 0.29) is 11.7 Å². The number of anilines is 1. The van der Waals surface area contributed by atoms with E-state index in [1.54, 1.807) is 14.2 Å². The first-order chi connectivity index (χ1) is 15.7. The summed E-state index contributed by atoms with van der Waals surface area (Å²) in [4.78, 5) is 12.5. The quantitative estimate of drug-likeness (QED) is 0.481. The molecule has 0 saturated heterocycles. The van der Waals surface area contributed by atoms with Gasteiger partial charge in [0.15, 0.2) is 5.16 Å². The summed E-state index contributed by atoms with van der Waals surface area (Å²) in [5.74, 6) is 3.07. The van der Waals surface area contributed by atoms with E-state index in [0.717, 1.165) is 46.7 Å². The Morgan fingerprint density at radius 3 is 2.22 bits per heavy atom. The number of carbonyl (C=O) groups is 1. The van der Waals surface area contributed by atoms with Gasteiger partial charge in [-0.2, -0.15) is 0 Å². The number of benzene rings is 2. The molecule has 1 saturated carbocycles. The SMILES string of the molecule is COc1ccc(NC(=O)CSc2nnc(C3CCCCC3)n2-c2ccc(OC)cc2)cc1. The average Bonchev–Trinajstić information content (AvgIpc) is 3.28. The Balaban J connectivity index is 1.51. The van der Waals surface area contributed by atoms with Crippen LogP contribution in [0.5, 0.6) is 11.5 Å². The third-order valence-corrected chi connectivity index (χ3v) is 6.59. The second kappa shape index (κ2) is 10.5. The van der Waals surface area contributed by atoms with E-state index in [1.807, 2.05) is 48.5 Å². The highest BCUT2D eigenvalue weighted by Gasteiger charge is 2.24. The van der Waals surface area contributed by atoms with Gasteiger partial charge in [0.1, 0.15) is 17.3 Å². The van der Waals surface area contributed by atoms with Crippen LogP contribution >= 0.6 is 11.8 Å². The van der Waals surface area contributed by atoms with Crippen molar-refractivity contribution in [3.63, 3.8) is 0 Å². The summed E-state index contributed by atoms with van der Waals surface area (Å²) >= 11 is 1.39. The van der Waals surface area contributed by atoms with Gasteiger partial charge in [0.25, 0.3) is 0 Å². The van der Waals surface area contributed by atoms with Crippen molar-refractivity contribution in [1.82, 2.24) is 14.8 Å². The number of hydrogen-bond donors (Lipinski definition) is 1. The average molecular weight is 453 g/mol. The molecule has 7 nitrogen and oxygen atoms in total. The van der Waals surface area contributed by atoms with Gasteiger partial charge in [-0.3, -0.25) is 9.36 Å². The van der Waals surface area contributed by atoms with Gasteiger partial charge in [0.05, 0.1) is 20.0 Å². The second-order valence-electron chi connectivity index (χ2n) is 7.77. The van der Waals surface area contributed by atoms with Crippen molar-refractivity contribution in [1.29, 1.82) is 0 Å². The predicted octanol–water partition coefficient (Wildman–Crippen LogP) is 5.06. The Morgan fingerprint density at radius 1 is 0.969 bits per heavy atom. The molecule has 1 heterocycles. The van der Waals surface area contributed by atoms with Crippen LogP contribution in [0.15, 0.2) is 53.7 Å². The zero-order chi connectivity index (χ0) is 22.3. The standard InChI is InChI=1S/C24H28N4O3S/c1-30-20-12-8-18(9-13-20)25-22(29)16-32-24-27-26-23(17-6-4-3-5-7-17)28(24)19-10-14-21(31-2)15-11-19/h8-15,17H,3-7,16H2,1-2H3,(H,25,29). The topological polar surface area (TPSA) is 78.3 Å². The fraction of sp³-hybridized carbons (Fsp3) is 0.375. The van der Waals surface area contributed by atoms with Crippen LogP contribution in [-0.2, 0) is 4.79 Å². The number of nitrogens with zero attached hydrogens (tertiary/aromatic N) is 3. The first kappa shape index (κ1) is 22.2. The molecule has 1 fully saturated rings. The molecule has 1 aliphatic carbocycles. The van der Waals surface area contributed by atoms with E-state index in [9.17, 15) is 4.79 Å². The Labute approximate surface area is 192 Å². The van der Waals surface area contributed by atoms with Gasteiger partial charge in [0.2, 0.25) is 5.91 Å². The molecule has 0 aliphatic heterocycles. The lowest BCUT2D eigenvalue weighted by Crippen LogP contribution is -2.15. The van der Waals surface area contributed by atoms with Gasteiger partial charge in [-0.1, -0.05) is 31.0 Å². The van der Waals surface area contributed by atoms with Gasteiger partial charge in [-0.15, -0.1) is 10.2 Å². The molecule has 0 bridgehead atoms. The highest BCUT2D eigenvalue weighted by Crippen LogP contribution is 2.35. The molecule has 168 valence electrons. The second-order valence-corrected chi connectivity index (χ2v) is 8.72. The van der Waals surface area contributed by atoms with Gasteiger partial charge in [0, 0.05) is 17.3 Å². The minimum atomic E-state index is -0.0938. The molecule has 0 unspecified atom stereocenters.